The molecule has 1 heterocycles. The first kappa shape index (κ1) is 10.3. The van der Waals surface area contributed by atoms with Gasteiger partial charge in [0, 0.05) is 0 Å². The number of hydrogen-bond donors (Lipinski definition) is 1. The van der Waals surface area contributed by atoms with E-state index >= 15 is 0 Å². The van der Waals surface area contributed by atoms with Gasteiger partial charge in [-0.2, -0.15) is 0 Å². The highest BCUT2D eigenvalue weighted by Gasteiger charge is 2.42. The van der Waals surface area contributed by atoms with Crippen molar-refractivity contribution in [2.45, 2.75) is 24.9 Å². The van der Waals surface area contributed by atoms with Crippen molar-refractivity contribution in [1.82, 2.24) is 4.98 Å². The van der Waals surface area contributed by atoms with Crippen LogP contribution in [0.1, 0.15) is 24.8 Å². The molecule has 82 valence electrons. The minimum atomic E-state index is -1.38. The third-order valence-corrected chi connectivity index (χ3v) is 2.78. The molecule has 0 radical (unpaired) electrons. The predicted molar refractivity (Wildman–Crippen MR) is 48.5 cm³/mol. The molecule has 1 aliphatic carbocycles. The summed E-state index contributed by atoms with van der Waals surface area (Å²) in [6, 6.07) is 0. The molecule has 1 saturated carbocycles. The summed E-state index contributed by atoms with van der Waals surface area (Å²) < 4.78 is 31.7. The van der Waals surface area contributed by atoms with Crippen LogP contribution in [0.15, 0.2) is 6.20 Å². The molecule has 1 fully saturated rings. The maximum absolute atomic E-state index is 13.7. The van der Waals surface area contributed by atoms with E-state index in [1.54, 1.807) is 0 Å². The number of methoxy groups -OCH3 is 1. The Kier molecular flexibility index (Phi) is 2.34. The van der Waals surface area contributed by atoms with Gasteiger partial charge in [-0.1, -0.05) is 0 Å². The second-order valence-electron chi connectivity index (χ2n) is 3.69. The largest absolute Gasteiger partial charge is 0.479 e. The summed E-state index contributed by atoms with van der Waals surface area (Å²) in [7, 11) is 1.25. The van der Waals surface area contributed by atoms with Gasteiger partial charge in [0.2, 0.25) is 0 Å². The monoisotopic (exact) mass is 215 g/mol. The van der Waals surface area contributed by atoms with Gasteiger partial charge in [0.25, 0.3) is 5.88 Å². The van der Waals surface area contributed by atoms with Gasteiger partial charge < -0.3 is 9.84 Å². The molecule has 15 heavy (non-hydrogen) atoms. The Morgan fingerprint density at radius 1 is 1.47 bits per heavy atom. The predicted octanol–water partition coefficient (Wildman–Crippen LogP) is 1.74. The van der Waals surface area contributed by atoms with Crippen LogP contribution in [0.25, 0.3) is 0 Å². The molecule has 1 N–H and O–H groups in total. The lowest BCUT2D eigenvalue weighted by molar-refractivity contribution is -0.0451. The molecular weight excluding hydrogens is 204 g/mol. The summed E-state index contributed by atoms with van der Waals surface area (Å²) in [6.45, 7) is 0. The van der Waals surface area contributed by atoms with Gasteiger partial charge in [0.1, 0.15) is 0 Å². The van der Waals surface area contributed by atoms with Crippen LogP contribution in [0.2, 0.25) is 0 Å². The lowest BCUT2D eigenvalue weighted by Gasteiger charge is -2.37. The van der Waals surface area contributed by atoms with Crippen molar-refractivity contribution in [1.29, 1.82) is 0 Å². The number of pyridine rings is 1. The number of rotatable bonds is 2. The highest BCUT2D eigenvalue weighted by Crippen LogP contribution is 2.44. The number of halogens is 2. The van der Waals surface area contributed by atoms with Crippen molar-refractivity contribution in [3.05, 3.63) is 23.4 Å². The van der Waals surface area contributed by atoms with Crippen LogP contribution in [-0.4, -0.2) is 17.2 Å². The van der Waals surface area contributed by atoms with Crippen LogP contribution in [0.5, 0.6) is 5.88 Å². The summed E-state index contributed by atoms with van der Waals surface area (Å²) in [4.78, 5) is 3.45. The van der Waals surface area contributed by atoms with Crippen LogP contribution < -0.4 is 4.74 Å². The smallest absolute Gasteiger partial charge is 0.250 e. The summed E-state index contributed by atoms with van der Waals surface area (Å²) in [5.74, 6) is -2.01. The zero-order chi connectivity index (χ0) is 11.1. The summed E-state index contributed by atoms with van der Waals surface area (Å²) in [5.41, 5.74) is -1.70. The van der Waals surface area contributed by atoms with E-state index in [0.717, 1.165) is 12.6 Å². The van der Waals surface area contributed by atoms with Gasteiger partial charge >= 0.3 is 0 Å². The number of nitrogens with zero attached hydrogens (tertiary/aromatic N) is 1. The highest BCUT2D eigenvalue weighted by atomic mass is 19.1. The fourth-order valence-corrected chi connectivity index (χ4v) is 1.78. The number of aromatic nitrogens is 1. The van der Waals surface area contributed by atoms with E-state index in [2.05, 4.69) is 9.72 Å². The lowest BCUT2D eigenvalue weighted by Crippen LogP contribution is -2.36. The fourth-order valence-electron chi connectivity index (χ4n) is 1.78. The van der Waals surface area contributed by atoms with Crippen LogP contribution in [0.4, 0.5) is 8.78 Å². The van der Waals surface area contributed by atoms with Crippen LogP contribution in [-0.2, 0) is 5.60 Å². The van der Waals surface area contributed by atoms with E-state index in [0.29, 0.717) is 12.8 Å². The molecule has 0 aliphatic heterocycles. The topological polar surface area (TPSA) is 42.4 Å². The second-order valence-corrected chi connectivity index (χ2v) is 3.69. The molecule has 0 spiro atoms. The molecule has 0 bridgehead atoms. The minimum absolute atomic E-state index is 0.285. The SMILES string of the molecule is COc1ncc(F)c(C2(O)CCC2)c1F. The van der Waals surface area contributed by atoms with Gasteiger partial charge in [-0.25, -0.2) is 13.8 Å². The number of ether oxygens (including phenoxy) is 1. The standard InChI is InChI=1S/C10H11F2NO2/c1-15-9-8(12)7(6(11)5-13-9)10(14)3-2-4-10/h5,14H,2-4H2,1H3. The zero-order valence-corrected chi connectivity index (χ0v) is 8.26. The second kappa shape index (κ2) is 3.41. The van der Waals surface area contributed by atoms with E-state index in [-0.39, 0.29) is 11.4 Å². The van der Waals surface area contributed by atoms with Gasteiger partial charge in [-0.3, -0.25) is 0 Å². The average molecular weight is 215 g/mol. The Bertz CT molecular complexity index is 391. The van der Waals surface area contributed by atoms with Gasteiger partial charge in [0.05, 0.1) is 24.5 Å². The number of hydrogen-bond acceptors (Lipinski definition) is 3. The third-order valence-electron chi connectivity index (χ3n) is 2.78. The summed E-state index contributed by atoms with van der Waals surface area (Å²) >= 11 is 0. The molecule has 0 aromatic carbocycles. The Labute approximate surface area is 85.7 Å². The quantitative estimate of drug-likeness (QED) is 0.817. The van der Waals surface area contributed by atoms with Crippen molar-refractivity contribution in [2.24, 2.45) is 0 Å². The van der Waals surface area contributed by atoms with E-state index in [1.807, 2.05) is 0 Å². The summed E-state index contributed by atoms with van der Waals surface area (Å²) in [6.07, 6.45) is 2.37. The Balaban J connectivity index is 2.53. The van der Waals surface area contributed by atoms with Crippen molar-refractivity contribution in [3.63, 3.8) is 0 Å². The van der Waals surface area contributed by atoms with E-state index in [9.17, 15) is 13.9 Å². The van der Waals surface area contributed by atoms with Gasteiger partial charge in [0.15, 0.2) is 11.6 Å². The molecule has 0 saturated heterocycles. The van der Waals surface area contributed by atoms with E-state index < -0.39 is 17.2 Å². The molecule has 1 aromatic rings. The maximum Gasteiger partial charge on any atom is 0.250 e. The van der Waals surface area contributed by atoms with Crippen LogP contribution in [0.3, 0.4) is 0 Å². The van der Waals surface area contributed by atoms with Gasteiger partial charge in [-0.15, -0.1) is 0 Å². The van der Waals surface area contributed by atoms with E-state index in [1.165, 1.54) is 7.11 Å². The lowest BCUT2D eigenvalue weighted by atomic mass is 9.75. The molecular formula is C10H11F2NO2. The molecule has 5 heteroatoms. The van der Waals surface area contributed by atoms with Crippen molar-refractivity contribution in [3.8, 4) is 5.88 Å². The highest BCUT2D eigenvalue weighted by molar-refractivity contribution is 5.31. The maximum atomic E-state index is 13.7. The Morgan fingerprint density at radius 2 is 2.13 bits per heavy atom. The fraction of sp³-hybridized carbons (Fsp3) is 0.500. The van der Waals surface area contributed by atoms with Gasteiger partial charge in [-0.05, 0) is 19.3 Å². The molecule has 0 amide bonds. The van der Waals surface area contributed by atoms with E-state index in [4.69, 9.17) is 0 Å². The zero-order valence-electron chi connectivity index (χ0n) is 8.26. The molecule has 2 rings (SSSR count). The Morgan fingerprint density at radius 3 is 2.60 bits per heavy atom. The normalized spacial score (nSPS) is 18.4. The molecule has 1 aromatic heterocycles. The first-order chi connectivity index (χ1) is 7.08. The minimum Gasteiger partial charge on any atom is -0.479 e. The molecule has 0 unspecified atom stereocenters. The average Bonchev–Trinajstić information content (AvgIpc) is 2.15. The van der Waals surface area contributed by atoms with Crippen LogP contribution in [0, 0.1) is 11.6 Å². The Hall–Kier alpha value is -1.23. The van der Waals surface area contributed by atoms with Crippen molar-refractivity contribution in [2.75, 3.05) is 7.11 Å². The first-order valence-electron chi connectivity index (χ1n) is 4.69. The first-order valence-corrected chi connectivity index (χ1v) is 4.69. The van der Waals surface area contributed by atoms with Crippen LogP contribution >= 0.6 is 0 Å². The summed E-state index contributed by atoms with van der Waals surface area (Å²) in [5, 5.41) is 9.90. The molecule has 1 aliphatic rings. The van der Waals surface area contributed by atoms with Crippen molar-refractivity contribution >= 4 is 0 Å². The number of aliphatic hydroxyl groups is 1. The third kappa shape index (κ3) is 1.47. The molecule has 0 atom stereocenters. The van der Waals surface area contributed by atoms with Crippen molar-refractivity contribution < 1.29 is 18.6 Å². The molecule has 3 nitrogen and oxygen atoms in total.